The van der Waals surface area contributed by atoms with E-state index in [1.165, 1.54) is 0 Å². The number of carbonyl (C=O) groups is 1. The molecular weight excluding hydrogens is 364 g/mol. The van der Waals surface area contributed by atoms with Crippen LogP contribution in [-0.2, 0) is 4.79 Å². The smallest absolute Gasteiger partial charge is 0.227 e. The monoisotopic (exact) mass is 388 g/mol. The Morgan fingerprint density at radius 1 is 1.00 bits per heavy atom. The molecule has 6 heteroatoms. The lowest BCUT2D eigenvalue weighted by Gasteiger charge is -2.31. The SMILES string of the molecule is COc1cccc(NC(=O)C2CCN(c3ncc(-c4ccccc4)cn3)CC2)c1. The fourth-order valence-electron chi connectivity index (χ4n) is 3.55. The van der Waals surface area contributed by atoms with Gasteiger partial charge in [0.05, 0.1) is 7.11 Å². The second-order valence-corrected chi connectivity index (χ2v) is 7.12. The van der Waals surface area contributed by atoms with E-state index in [2.05, 4.69) is 20.2 Å². The second kappa shape index (κ2) is 8.73. The molecule has 148 valence electrons. The van der Waals surface area contributed by atoms with Crippen LogP contribution in [0.4, 0.5) is 11.6 Å². The first kappa shape index (κ1) is 18.9. The number of amides is 1. The van der Waals surface area contributed by atoms with E-state index in [1.54, 1.807) is 7.11 Å². The number of benzene rings is 2. The fraction of sp³-hybridized carbons (Fsp3) is 0.261. The summed E-state index contributed by atoms with van der Waals surface area (Å²) in [6.07, 6.45) is 5.28. The normalized spacial score (nSPS) is 14.4. The lowest BCUT2D eigenvalue weighted by atomic mass is 9.96. The maximum Gasteiger partial charge on any atom is 0.227 e. The van der Waals surface area contributed by atoms with Gasteiger partial charge in [0.2, 0.25) is 11.9 Å². The number of ether oxygens (including phenoxy) is 1. The molecule has 2 aromatic carbocycles. The standard InChI is InChI=1S/C23H24N4O2/c1-29-21-9-5-8-20(14-21)26-22(28)18-10-12-27(13-11-18)23-24-15-19(16-25-23)17-6-3-2-4-7-17/h2-9,14-16,18H,10-13H2,1H3,(H,26,28). The number of hydrogen-bond donors (Lipinski definition) is 1. The van der Waals surface area contributed by atoms with Crippen molar-refractivity contribution in [1.29, 1.82) is 0 Å². The first-order valence-corrected chi connectivity index (χ1v) is 9.80. The van der Waals surface area contributed by atoms with Crippen LogP contribution in [0.2, 0.25) is 0 Å². The van der Waals surface area contributed by atoms with Crippen molar-refractivity contribution in [3.8, 4) is 16.9 Å². The van der Waals surface area contributed by atoms with Crippen LogP contribution in [0.1, 0.15) is 12.8 Å². The number of nitrogens with zero attached hydrogens (tertiary/aromatic N) is 3. The van der Waals surface area contributed by atoms with Crippen LogP contribution in [0.25, 0.3) is 11.1 Å². The Hall–Kier alpha value is -3.41. The highest BCUT2D eigenvalue weighted by Gasteiger charge is 2.26. The molecule has 1 aliphatic rings. The van der Waals surface area contributed by atoms with Gasteiger partial charge < -0.3 is 15.0 Å². The molecule has 3 aromatic rings. The minimum absolute atomic E-state index is 0.0129. The first-order valence-electron chi connectivity index (χ1n) is 9.80. The molecule has 0 atom stereocenters. The number of methoxy groups -OCH3 is 1. The third-order valence-corrected chi connectivity index (χ3v) is 5.23. The average molecular weight is 388 g/mol. The number of carbonyl (C=O) groups excluding carboxylic acids is 1. The molecule has 6 nitrogen and oxygen atoms in total. The van der Waals surface area contributed by atoms with Crippen LogP contribution in [0, 0.1) is 5.92 Å². The summed E-state index contributed by atoms with van der Waals surface area (Å²) in [5.41, 5.74) is 2.87. The van der Waals surface area contributed by atoms with Crippen molar-refractivity contribution in [3.63, 3.8) is 0 Å². The maximum absolute atomic E-state index is 12.6. The van der Waals surface area contributed by atoms with Gasteiger partial charge in [-0.3, -0.25) is 4.79 Å². The van der Waals surface area contributed by atoms with Gasteiger partial charge in [0.25, 0.3) is 0 Å². The molecule has 1 fully saturated rings. The van der Waals surface area contributed by atoms with Crippen LogP contribution in [0.15, 0.2) is 67.0 Å². The van der Waals surface area contributed by atoms with Crippen LogP contribution in [0.5, 0.6) is 5.75 Å². The number of anilines is 2. The molecule has 1 amide bonds. The molecule has 2 heterocycles. The van der Waals surface area contributed by atoms with Gasteiger partial charge >= 0.3 is 0 Å². The Balaban J connectivity index is 1.33. The predicted molar refractivity (Wildman–Crippen MR) is 114 cm³/mol. The summed E-state index contributed by atoms with van der Waals surface area (Å²) < 4.78 is 5.21. The highest BCUT2D eigenvalue weighted by atomic mass is 16.5. The van der Waals surface area contributed by atoms with Gasteiger partial charge in [-0.05, 0) is 30.5 Å². The number of rotatable bonds is 5. The average Bonchev–Trinajstić information content (AvgIpc) is 2.80. The molecule has 0 spiro atoms. The van der Waals surface area contributed by atoms with E-state index in [4.69, 9.17) is 4.74 Å². The summed E-state index contributed by atoms with van der Waals surface area (Å²) in [6.45, 7) is 1.53. The molecule has 4 rings (SSSR count). The van der Waals surface area contributed by atoms with Crippen LogP contribution >= 0.6 is 0 Å². The molecule has 0 saturated carbocycles. The third kappa shape index (κ3) is 4.54. The predicted octanol–water partition coefficient (Wildman–Crippen LogP) is 4.01. The lowest BCUT2D eigenvalue weighted by molar-refractivity contribution is -0.120. The van der Waals surface area contributed by atoms with Crippen LogP contribution < -0.4 is 15.0 Å². The fourth-order valence-corrected chi connectivity index (χ4v) is 3.55. The topological polar surface area (TPSA) is 67.3 Å². The van der Waals surface area contributed by atoms with E-state index in [0.29, 0.717) is 0 Å². The van der Waals surface area contributed by atoms with E-state index in [9.17, 15) is 4.79 Å². The Morgan fingerprint density at radius 3 is 2.41 bits per heavy atom. The summed E-state index contributed by atoms with van der Waals surface area (Å²) in [5.74, 6) is 1.49. The number of nitrogens with one attached hydrogen (secondary N) is 1. The van der Waals surface area contributed by atoms with Crippen molar-refractivity contribution in [3.05, 3.63) is 67.0 Å². The second-order valence-electron chi connectivity index (χ2n) is 7.12. The van der Waals surface area contributed by atoms with Gasteiger partial charge in [0.15, 0.2) is 0 Å². The van der Waals surface area contributed by atoms with Crippen LogP contribution in [0.3, 0.4) is 0 Å². The Morgan fingerprint density at radius 2 is 1.72 bits per heavy atom. The lowest BCUT2D eigenvalue weighted by Crippen LogP contribution is -2.39. The van der Waals surface area contributed by atoms with Gasteiger partial charge in [-0.2, -0.15) is 0 Å². The summed E-state index contributed by atoms with van der Waals surface area (Å²) in [4.78, 5) is 23.8. The maximum atomic E-state index is 12.6. The van der Waals surface area contributed by atoms with Crippen molar-refractivity contribution in [2.75, 3.05) is 30.4 Å². The molecule has 1 aromatic heterocycles. The molecule has 0 unspecified atom stereocenters. The highest BCUT2D eigenvalue weighted by molar-refractivity contribution is 5.92. The van der Waals surface area contributed by atoms with Crippen LogP contribution in [-0.4, -0.2) is 36.1 Å². The Labute approximate surface area is 170 Å². The zero-order valence-electron chi connectivity index (χ0n) is 16.4. The summed E-state index contributed by atoms with van der Waals surface area (Å²) in [7, 11) is 1.62. The van der Waals surface area contributed by atoms with Crippen molar-refractivity contribution in [1.82, 2.24) is 9.97 Å². The Bertz CT molecular complexity index is 952. The summed E-state index contributed by atoms with van der Waals surface area (Å²) in [6, 6.07) is 17.5. The van der Waals surface area contributed by atoms with Crippen molar-refractivity contribution in [2.45, 2.75) is 12.8 Å². The van der Waals surface area contributed by atoms with Crippen molar-refractivity contribution < 1.29 is 9.53 Å². The molecule has 0 radical (unpaired) electrons. The molecule has 1 N–H and O–H groups in total. The number of piperidine rings is 1. The van der Waals surface area contributed by atoms with E-state index >= 15 is 0 Å². The molecule has 1 saturated heterocycles. The van der Waals surface area contributed by atoms with Gasteiger partial charge in [-0.1, -0.05) is 36.4 Å². The van der Waals surface area contributed by atoms with Gasteiger partial charge in [0, 0.05) is 48.7 Å². The van der Waals surface area contributed by atoms with Gasteiger partial charge in [-0.15, -0.1) is 0 Å². The quantitative estimate of drug-likeness (QED) is 0.715. The molecule has 0 bridgehead atoms. The van der Waals surface area contributed by atoms with E-state index < -0.39 is 0 Å². The molecule has 1 aliphatic heterocycles. The van der Waals surface area contributed by atoms with Crippen molar-refractivity contribution in [2.24, 2.45) is 5.92 Å². The zero-order valence-corrected chi connectivity index (χ0v) is 16.4. The Kier molecular flexibility index (Phi) is 5.70. The van der Waals surface area contributed by atoms with E-state index in [1.807, 2.05) is 67.0 Å². The van der Waals surface area contributed by atoms with Gasteiger partial charge in [-0.25, -0.2) is 9.97 Å². The number of hydrogen-bond acceptors (Lipinski definition) is 5. The number of aromatic nitrogens is 2. The zero-order chi connectivity index (χ0) is 20.1. The summed E-state index contributed by atoms with van der Waals surface area (Å²) >= 11 is 0. The minimum Gasteiger partial charge on any atom is -0.497 e. The van der Waals surface area contributed by atoms with E-state index in [-0.39, 0.29) is 11.8 Å². The molecule has 29 heavy (non-hydrogen) atoms. The summed E-state index contributed by atoms with van der Waals surface area (Å²) in [5, 5.41) is 3.00. The molecular formula is C23H24N4O2. The van der Waals surface area contributed by atoms with Crippen molar-refractivity contribution >= 4 is 17.5 Å². The highest BCUT2D eigenvalue weighted by Crippen LogP contribution is 2.24. The largest absolute Gasteiger partial charge is 0.497 e. The minimum atomic E-state index is -0.0129. The molecule has 0 aliphatic carbocycles. The first-order chi connectivity index (χ1) is 14.2. The van der Waals surface area contributed by atoms with E-state index in [0.717, 1.165) is 54.4 Å². The van der Waals surface area contributed by atoms with Gasteiger partial charge in [0.1, 0.15) is 5.75 Å². The third-order valence-electron chi connectivity index (χ3n) is 5.23.